The van der Waals surface area contributed by atoms with E-state index >= 15 is 0 Å². The topological polar surface area (TPSA) is 12.9 Å². The molecular formula is C33H45NS. The summed E-state index contributed by atoms with van der Waals surface area (Å²) in [6.07, 6.45) is 3.66. The van der Waals surface area contributed by atoms with Gasteiger partial charge in [0.2, 0.25) is 0 Å². The zero-order valence-electron chi connectivity index (χ0n) is 23.0. The molecule has 0 atom stereocenters. The Bertz CT molecular complexity index is 870. The van der Waals surface area contributed by atoms with Crippen molar-refractivity contribution in [3.63, 3.8) is 0 Å². The van der Waals surface area contributed by atoms with Crippen LogP contribution in [0.4, 0.5) is 0 Å². The maximum Gasteiger partial charge on any atom is 0.0270 e. The number of rotatable bonds is 4. The van der Waals surface area contributed by atoms with E-state index in [1.807, 2.05) is 48.0 Å². The van der Waals surface area contributed by atoms with E-state index in [9.17, 15) is 0 Å². The van der Waals surface area contributed by atoms with Crippen LogP contribution in [0.1, 0.15) is 101 Å². The first-order valence-electron chi connectivity index (χ1n) is 12.8. The number of pyridine rings is 1. The first-order chi connectivity index (χ1) is 16.7. The van der Waals surface area contributed by atoms with E-state index in [4.69, 9.17) is 0 Å². The molecular weight excluding hydrogens is 442 g/mol. The summed E-state index contributed by atoms with van der Waals surface area (Å²) in [5.41, 5.74) is 4.18. The third kappa shape index (κ3) is 13.7. The third-order valence-corrected chi connectivity index (χ3v) is 6.59. The summed E-state index contributed by atoms with van der Waals surface area (Å²) in [6.45, 7) is 17.6. The fraction of sp³-hybridized carbons (Fsp3) is 0.364. The Morgan fingerprint density at radius 1 is 0.457 bits per heavy atom. The molecule has 0 aliphatic carbocycles. The Labute approximate surface area is 219 Å². The van der Waals surface area contributed by atoms with E-state index < -0.39 is 0 Å². The molecule has 2 aromatic carbocycles. The van der Waals surface area contributed by atoms with Gasteiger partial charge in [-0.15, -0.1) is 11.3 Å². The summed E-state index contributed by atoms with van der Waals surface area (Å²) < 4.78 is 0. The van der Waals surface area contributed by atoms with Gasteiger partial charge in [-0.2, -0.15) is 0 Å². The van der Waals surface area contributed by atoms with E-state index in [-0.39, 0.29) is 0 Å². The SMILES string of the molecule is CC(C)c1ccccc1.CC(C)c1ccccc1.CC(C)c1cccs1.CC(C)c1ccncc1. The lowest BCUT2D eigenvalue weighted by molar-refractivity contribution is 0.863. The van der Waals surface area contributed by atoms with Crippen LogP contribution in [0.15, 0.2) is 103 Å². The Kier molecular flexibility index (Phi) is 15.3. The molecule has 2 heteroatoms. The standard InChI is InChI=1S/2C9H12.C8H11N.C7H10S/c2*1-8(2)9-6-4-3-5-7-9;1-7(2)8-3-5-9-6-4-8;1-6(2)7-4-3-5-8-7/h2*3-8H,1-2H3;3-7H,1-2H3;3-6H,1-2H3. The lowest BCUT2D eigenvalue weighted by atomic mass is 10.0. The molecule has 0 radical (unpaired) electrons. The molecule has 1 nitrogen and oxygen atoms in total. The van der Waals surface area contributed by atoms with Crippen LogP contribution in [0.25, 0.3) is 0 Å². The van der Waals surface area contributed by atoms with Gasteiger partial charge in [-0.1, -0.05) is 122 Å². The fourth-order valence-electron chi connectivity index (χ4n) is 3.04. The van der Waals surface area contributed by atoms with Crippen LogP contribution in [0, 0.1) is 0 Å². The summed E-state index contributed by atoms with van der Waals surface area (Å²) >= 11 is 1.83. The highest BCUT2D eigenvalue weighted by Crippen LogP contribution is 2.18. The predicted octanol–water partition coefficient (Wildman–Crippen LogP) is 10.7. The van der Waals surface area contributed by atoms with E-state index in [0.29, 0.717) is 23.7 Å². The van der Waals surface area contributed by atoms with Crippen molar-refractivity contribution in [2.75, 3.05) is 0 Å². The first kappa shape index (κ1) is 30.3. The molecule has 0 unspecified atom stereocenters. The Morgan fingerprint density at radius 2 is 0.857 bits per heavy atom. The van der Waals surface area contributed by atoms with E-state index in [1.54, 1.807) is 0 Å². The van der Waals surface area contributed by atoms with Crippen molar-refractivity contribution >= 4 is 11.3 Å². The average molecular weight is 488 g/mol. The molecule has 35 heavy (non-hydrogen) atoms. The van der Waals surface area contributed by atoms with Gasteiger partial charge in [-0.05, 0) is 63.9 Å². The highest BCUT2D eigenvalue weighted by atomic mass is 32.1. The number of thiophene rings is 1. The summed E-state index contributed by atoms with van der Waals surface area (Å²) in [5.74, 6) is 2.64. The molecule has 0 amide bonds. The number of hydrogen-bond donors (Lipinski definition) is 0. The minimum absolute atomic E-state index is 0.619. The number of benzene rings is 2. The maximum absolute atomic E-state index is 3.93. The van der Waals surface area contributed by atoms with Gasteiger partial charge in [0.1, 0.15) is 0 Å². The van der Waals surface area contributed by atoms with Crippen molar-refractivity contribution in [2.24, 2.45) is 0 Å². The van der Waals surface area contributed by atoms with E-state index in [1.165, 1.54) is 21.6 Å². The van der Waals surface area contributed by atoms with Crippen molar-refractivity contribution in [3.8, 4) is 0 Å². The molecule has 0 aliphatic rings. The van der Waals surface area contributed by atoms with Gasteiger partial charge in [-0.3, -0.25) is 4.98 Å². The molecule has 0 fully saturated rings. The molecule has 2 aromatic heterocycles. The molecule has 0 bridgehead atoms. The highest BCUT2D eigenvalue weighted by molar-refractivity contribution is 7.10. The van der Waals surface area contributed by atoms with Crippen molar-refractivity contribution < 1.29 is 0 Å². The molecule has 0 aliphatic heterocycles. The molecule has 2 heterocycles. The van der Waals surface area contributed by atoms with Crippen LogP contribution in [-0.4, -0.2) is 4.98 Å². The quantitative estimate of drug-likeness (QED) is 0.279. The monoisotopic (exact) mass is 487 g/mol. The second-order valence-electron chi connectivity index (χ2n) is 9.74. The lowest BCUT2D eigenvalue weighted by Gasteiger charge is -2.01. The molecule has 0 N–H and O–H groups in total. The minimum Gasteiger partial charge on any atom is -0.265 e. The van der Waals surface area contributed by atoms with Crippen molar-refractivity contribution in [3.05, 3.63) is 124 Å². The van der Waals surface area contributed by atoms with Gasteiger partial charge in [-0.25, -0.2) is 0 Å². The van der Waals surface area contributed by atoms with Crippen molar-refractivity contribution in [2.45, 2.75) is 79.1 Å². The number of nitrogens with zero attached hydrogens (tertiary/aromatic N) is 1. The van der Waals surface area contributed by atoms with Gasteiger partial charge >= 0.3 is 0 Å². The van der Waals surface area contributed by atoms with Crippen LogP contribution in [0.2, 0.25) is 0 Å². The van der Waals surface area contributed by atoms with Gasteiger partial charge in [0.25, 0.3) is 0 Å². The Hall–Kier alpha value is -2.71. The number of aromatic nitrogens is 1. The third-order valence-electron chi connectivity index (χ3n) is 5.42. The first-order valence-corrected chi connectivity index (χ1v) is 13.6. The second kappa shape index (κ2) is 17.7. The largest absolute Gasteiger partial charge is 0.265 e. The Balaban J connectivity index is 0.000000234. The van der Waals surface area contributed by atoms with Gasteiger partial charge in [0.15, 0.2) is 0 Å². The zero-order chi connectivity index (χ0) is 26.1. The molecule has 0 spiro atoms. The molecule has 4 aromatic rings. The summed E-state index contributed by atoms with van der Waals surface area (Å²) in [6, 6.07) is 29.4. The van der Waals surface area contributed by atoms with Gasteiger partial charge in [0, 0.05) is 17.3 Å². The van der Waals surface area contributed by atoms with Crippen LogP contribution in [0.3, 0.4) is 0 Å². The van der Waals surface area contributed by atoms with Crippen molar-refractivity contribution in [1.82, 2.24) is 4.98 Å². The van der Waals surface area contributed by atoms with Gasteiger partial charge in [0.05, 0.1) is 0 Å². The summed E-state index contributed by atoms with van der Waals surface area (Å²) in [7, 11) is 0. The van der Waals surface area contributed by atoms with Gasteiger partial charge < -0.3 is 0 Å². The lowest BCUT2D eigenvalue weighted by Crippen LogP contribution is -1.85. The molecule has 0 saturated heterocycles. The summed E-state index contributed by atoms with van der Waals surface area (Å²) in [5, 5.41) is 2.12. The average Bonchev–Trinajstić information content (AvgIpc) is 3.43. The smallest absolute Gasteiger partial charge is 0.0270 e. The minimum atomic E-state index is 0.619. The van der Waals surface area contributed by atoms with Crippen LogP contribution >= 0.6 is 11.3 Å². The zero-order valence-corrected chi connectivity index (χ0v) is 23.8. The fourth-order valence-corrected chi connectivity index (χ4v) is 3.79. The maximum atomic E-state index is 3.93. The van der Waals surface area contributed by atoms with Crippen LogP contribution in [0.5, 0.6) is 0 Å². The Morgan fingerprint density at radius 3 is 1.09 bits per heavy atom. The van der Waals surface area contributed by atoms with E-state index in [0.717, 1.165) is 0 Å². The number of hydrogen-bond acceptors (Lipinski definition) is 2. The van der Waals surface area contributed by atoms with Crippen LogP contribution < -0.4 is 0 Å². The summed E-state index contributed by atoms with van der Waals surface area (Å²) in [4.78, 5) is 5.40. The molecule has 4 rings (SSSR count). The van der Waals surface area contributed by atoms with Crippen LogP contribution in [-0.2, 0) is 0 Å². The highest BCUT2D eigenvalue weighted by Gasteiger charge is 1.96. The molecule has 0 saturated carbocycles. The van der Waals surface area contributed by atoms with E-state index in [2.05, 4.69) is 126 Å². The normalized spacial score (nSPS) is 10.2. The van der Waals surface area contributed by atoms with Crippen molar-refractivity contribution in [1.29, 1.82) is 0 Å². The predicted molar refractivity (Wildman–Crippen MR) is 158 cm³/mol. The molecule has 188 valence electrons. The second-order valence-corrected chi connectivity index (χ2v) is 10.7.